The lowest BCUT2D eigenvalue weighted by Gasteiger charge is -2.14. The summed E-state index contributed by atoms with van der Waals surface area (Å²) in [6, 6.07) is 6.80. The van der Waals surface area contributed by atoms with Gasteiger partial charge < -0.3 is 11.1 Å². The first-order chi connectivity index (χ1) is 9.08. The highest BCUT2D eigenvalue weighted by Crippen LogP contribution is 2.15. The van der Waals surface area contributed by atoms with Gasteiger partial charge in [0.05, 0.1) is 0 Å². The molecule has 0 unspecified atom stereocenters. The van der Waals surface area contributed by atoms with Crippen LogP contribution in [0.2, 0.25) is 0 Å². The maximum Gasteiger partial charge on any atom is 0.318 e. The van der Waals surface area contributed by atoms with Gasteiger partial charge in [0, 0.05) is 16.7 Å². The van der Waals surface area contributed by atoms with Gasteiger partial charge in [0.2, 0.25) is 6.41 Å². The normalized spacial score (nSPS) is 9.79. The van der Waals surface area contributed by atoms with Crippen LogP contribution in [0.1, 0.15) is 6.42 Å². The minimum Gasteiger partial charge on any atom is -0.330 e. The second-order valence-electron chi connectivity index (χ2n) is 3.71. The standard InChI is InChI=1S/C12H14BrN3O3/c13-9-3-1-4-10(7-9)15-11(18)12(19)16(8-17)6-2-5-14/h1,3-4,7-8H,2,5-6,14H2,(H,15,18). The van der Waals surface area contributed by atoms with Gasteiger partial charge in [-0.15, -0.1) is 0 Å². The predicted molar refractivity (Wildman–Crippen MR) is 74.2 cm³/mol. The number of imide groups is 1. The van der Waals surface area contributed by atoms with E-state index in [4.69, 9.17) is 5.73 Å². The average molecular weight is 328 g/mol. The molecule has 0 radical (unpaired) electrons. The van der Waals surface area contributed by atoms with Crippen LogP contribution in [0, 0.1) is 0 Å². The van der Waals surface area contributed by atoms with Crippen LogP contribution >= 0.6 is 15.9 Å². The largest absolute Gasteiger partial charge is 0.330 e. The first kappa shape index (κ1) is 15.3. The number of rotatable bonds is 5. The van der Waals surface area contributed by atoms with Crippen molar-refractivity contribution in [1.29, 1.82) is 0 Å². The van der Waals surface area contributed by atoms with Crippen LogP contribution in [0.3, 0.4) is 0 Å². The second-order valence-corrected chi connectivity index (χ2v) is 4.63. The van der Waals surface area contributed by atoms with E-state index >= 15 is 0 Å². The van der Waals surface area contributed by atoms with Crippen molar-refractivity contribution in [3.8, 4) is 0 Å². The molecule has 6 nitrogen and oxygen atoms in total. The average Bonchev–Trinajstić information content (AvgIpc) is 2.39. The van der Waals surface area contributed by atoms with Crippen molar-refractivity contribution < 1.29 is 14.4 Å². The molecule has 0 bridgehead atoms. The van der Waals surface area contributed by atoms with Gasteiger partial charge in [-0.05, 0) is 31.2 Å². The molecule has 1 aromatic carbocycles. The minimum absolute atomic E-state index is 0.130. The number of carbonyl (C=O) groups is 3. The molecule has 0 aliphatic carbocycles. The van der Waals surface area contributed by atoms with Crippen molar-refractivity contribution >= 4 is 39.8 Å². The lowest BCUT2D eigenvalue weighted by atomic mass is 10.3. The molecule has 0 atom stereocenters. The van der Waals surface area contributed by atoms with Crippen molar-refractivity contribution in [2.24, 2.45) is 5.73 Å². The zero-order valence-corrected chi connectivity index (χ0v) is 11.7. The van der Waals surface area contributed by atoms with Crippen molar-refractivity contribution in [1.82, 2.24) is 4.90 Å². The fraction of sp³-hybridized carbons (Fsp3) is 0.250. The molecule has 19 heavy (non-hydrogen) atoms. The van der Waals surface area contributed by atoms with Crippen LogP contribution in [0.25, 0.3) is 0 Å². The second kappa shape index (κ2) is 7.65. The Bertz CT molecular complexity index is 479. The quantitative estimate of drug-likeness (QED) is 0.615. The molecule has 3 amide bonds. The third-order valence-electron chi connectivity index (χ3n) is 2.27. The van der Waals surface area contributed by atoms with E-state index < -0.39 is 11.8 Å². The van der Waals surface area contributed by atoms with E-state index in [-0.39, 0.29) is 6.54 Å². The Labute approximate surface area is 119 Å². The summed E-state index contributed by atoms with van der Waals surface area (Å²) < 4.78 is 0.771. The molecule has 0 aromatic heterocycles. The highest BCUT2D eigenvalue weighted by atomic mass is 79.9. The van der Waals surface area contributed by atoms with Crippen LogP contribution in [0.4, 0.5) is 5.69 Å². The van der Waals surface area contributed by atoms with Crippen molar-refractivity contribution in [3.63, 3.8) is 0 Å². The summed E-state index contributed by atoms with van der Waals surface area (Å²) in [5, 5.41) is 2.42. The summed E-state index contributed by atoms with van der Waals surface area (Å²) in [6.07, 6.45) is 0.785. The van der Waals surface area contributed by atoms with E-state index in [0.717, 1.165) is 9.37 Å². The minimum atomic E-state index is -0.900. The van der Waals surface area contributed by atoms with E-state index in [1.54, 1.807) is 24.3 Å². The number of hydrogen-bond donors (Lipinski definition) is 2. The van der Waals surface area contributed by atoms with Crippen molar-refractivity contribution in [2.75, 3.05) is 18.4 Å². The van der Waals surface area contributed by atoms with Gasteiger partial charge in [0.1, 0.15) is 0 Å². The molecule has 0 heterocycles. The number of nitrogens with zero attached hydrogens (tertiary/aromatic N) is 1. The maximum absolute atomic E-state index is 11.7. The SMILES string of the molecule is NCCCN(C=O)C(=O)C(=O)Nc1cccc(Br)c1. The molecule has 7 heteroatoms. The number of nitrogens with one attached hydrogen (secondary N) is 1. The Morgan fingerprint density at radius 2 is 2.16 bits per heavy atom. The van der Waals surface area contributed by atoms with E-state index in [9.17, 15) is 14.4 Å². The zero-order valence-electron chi connectivity index (χ0n) is 10.1. The number of nitrogens with two attached hydrogens (primary N) is 1. The fourth-order valence-corrected chi connectivity index (χ4v) is 1.74. The number of halogens is 1. The number of benzene rings is 1. The number of amides is 3. The number of carbonyl (C=O) groups excluding carboxylic acids is 3. The van der Waals surface area contributed by atoms with Gasteiger partial charge in [-0.1, -0.05) is 22.0 Å². The summed E-state index contributed by atoms with van der Waals surface area (Å²) >= 11 is 3.25. The Kier molecular flexibility index (Phi) is 6.17. The smallest absolute Gasteiger partial charge is 0.318 e. The summed E-state index contributed by atoms with van der Waals surface area (Å²) in [4.78, 5) is 34.9. The van der Waals surface area contributed by atoms with Gasteiger partial charge in [-0.3, -0.25) is 19.3 Å². The molecular formula is C12H14BrN3O3. The Hall–Kier alpha value is -1.73. The molecule has 3 N–H and O–H groups in total. The first-order valence-electron chi connectivity index (χ1n) is 5.61. The summed E-state index contributed by atoms with van der Waals surface area (Å²) in [6.45, 7) is 0.468. The number of hydrogen-bond acceptors (Lipinski definition) is 4. The molecule has 0 spiro atoms. The highest BCUT2D eigenvalue weighted by Gasteiger charge is 2.21. The third-order valence-corrected chi connectivity index (χ3v) is 2.76. The van der Waals surface area contributed by atoms with Gasteiger partial charge in [0.15, 0.2) is 0 Å². The number of anilines is 1. The van der Waals surface area contributed by atoms with Crippen LogP contribution < -0.4 is 11.1 Å². The zero-order chi connectivity index (χ0) is 14.3. The molecular weight excluding hydrogens is 314 g/mol. The Morgan fingerprint density at radius 1 is 1.42 bits per heavy atom. The predicted octanol–water partition coefficient (Wildman–Crippen LogP) is 0.721. The van der Waals surface area contributed by atoms with E-state index in [2.05, 4.69) is 21.2 Å². The Morgan fingerprint density at radius 3 is 2.74 bits per heavy atom. The van der Waals surface area contributed by atoms with Gasteiger partial charge in [-0.25, -0.2) is 0 Å². The highest BCUT2D eigenvalue weighted by molar-refractivity contribution is 9.10. The molecule has 102 valence electrons. The summed E-state index contributed by atoms with van der Waals surface area (Å²) in [7, 11) is 0. The van der Waals surface area contributed by atoms with E-state index in [1.165, 1.54) is 0 Å². The lowest BCUT2D eigenvalue weighted by molar-refractivity contribution is -0.146. The topological polar surface area (TPSA) is 92.5 Å². The van der Waals surface area contributed by atoms with E-state index in [0.29, 0.717) is 25.1 Å². The molecule has 0 saturated heterocycles. The van der Waals surface area contributed by atoms with Crippen molar-refractivity contribution in [3.05, 3.63) is 28.7 Å². The van der Waals surface area contributed by atoms with Gasteiger partial charge in [-0.2, -0.15) is 0 Å². The van der Waals surface area contributed by atoms with Crippen LogP contribution in [-0.2, 0) is 14.4 Å². The first-order valence-corrected chi connectivity index (χ1v) is 6.40. The summed E-state index contributed by atoms with van der Waals surface area (Å²) in [5.41, 5.74) is 5.76. The molecule has 0 saturated carbocycles. The van der Waals surface area contributed by atoms with Crippen LogP contribution in [0.15, 0.2) is 28.7 Å². The monoisotopic (exact) mass is 327 g/mol. The summed E-state index contributed by atoms with van der Waals surface area (Å²) in [5.74, 6) is -1.76. The fourth-order valence-electron chi connectivity index (χ4n) is 1.34. The molecule has 1 aromatic rings. The molecule has 0 aliphatic rings. The molecule has 0 fully saturated rings. The molecule has 1 rings (SSSR count). The van der Waals surface area contributed by atoms with Crippen molar-refractivity contribution in [2.45, 2.75) is 6.42 Å². The van der Waals surface area contributed by atoms with Crippen LogP contribution in [0.5, 0.6) is 0 Å². The third kappa shape index (κ3) is 4.80. The molecule has 0 aliphatic heterocycles. The van der Waals surface area contributed by atoms with Gasteiger partial charge in [0.25, 0.3) is 0 Å². The maximum atomic E-state index is 11.7. The Balaban J connectivity index is 2.66. The lowest BCUT2D eigenvalue weighted by Crippen LogP contribution is -2.39. The van der Waals surface area contributed by atoms with Gasteiger partial charge >= 0.3 is 11.8 Å². The van der Waals surface area contributed by atoms with E-state index in [1.807, 2.05) is 0 Å². The van der Waals surface area contributed by atoms with Crippen LogP contribution in [-0.4, -0.2) is 36.2 Å².